The summed E-state index contributed by atoms with van der Waals surface area (Å²) in [5.74, 6) is -1.08. The molecular weight excluding hydrogens is 418 g/mol. The van der Waals surface area contributed by atoms with Gasteiger partial charge in [-0.2, -0.15) is 0 Å². The first kappa shape index (κ1) is 32.7. The number of hydrogen-bond donors (Lipinski definition) is 0. The fourth-order valence-electron chi connectivity index (χ4n) is 4.72. The van der Waals surface area contributed by atoms with Crippen LogP contribution in [0.5, 0.6) is 0 Å². The van der Waals surface area contributed by atoms with Crippen LogP contribution >= 0.6 is 0 Å². The van der Waals surface area contributed by atoms with Gasteiger partial charge >= 0.3 is 0 Å². The van der Waals surface area contributed by atoms with Gasteiger partial charge in [0.05, 0.1) is 20.6 Å². The second-order valence-corrected chi connectivity index (χ2v) is 11.3. The summed E-state index contributed by atoms with van der Waals surface area (Å²) >= 11 is 0. The number of unbranched alkanes of at least 4 members (excludes halogenated alkanes) is 13. The second kappa shape index (κ2) is 18.0. The van der Waals surface area contributed by atoms with Gasteiger partial charge in [-0.1, -0.05) is 102 Å². The molecule has 0 N–H and O–H groups in total. The summed E-state index contributed by atoms with van der Waals surface area (Å²) in [5, 5.41) is 8.89. The molecule has 3 nitrogen and oxygen atoms in total. The molecule has 1 rings (SSSR count). The largest absolute Gasteiger partial charge is 0.550 e. The van der Waals surface area contributed by atoms with E-state index < -0.39 is 5.97 Å². The van der Waals surface area contributed by atoms with Gasteiger partial charge in [-0.15, -0.1) is 0 Å². The first-order valence-electron chi connectivity index (χ1n) is 14.0. The Kier molecular flexibility index (Phi) is 17.3. The van der Waals surface area contributed by atoms with E-state index in [1.807, 2.05) is 0 Å². The molecule has 0 aliphatic rings. The lowest BCUT2D eigenvalue weighted by Gasteiger charge is -2.46. The smallest absolute Gasteiger partial charge is 0.119 e. The van der Waals surface area contributed by atoms with E-state index in [4.69, 9.17) is 9.90 Å². The summed E-state index contributed by atoms with van der Waals surface area (Å²) in [5.41, 5.74) is 4.54. The fourth-order valence-corrected chi connectivity index (χ4v) is 4.72. The number of aliphatic carboxylic acids is 1. The van der Waals surface area contributed by atoms with Crippen molar-refractivity contribution in [3.05, 3.63) is 34.9 Å². The van der Waals surface area contributed by atoms with Crippen molar-refractivity contribution in [2.75, 3.05) is 20.6 Å². The number of benzene rings is 1. The second-order valence-electron chi connectivity index (χ2n) is 11.3. The summed E-state index contributed by atoms with van der Waals surface area (Å²) in [6, 6.07) is 6.81. The van der Waals surface area contributed by atoms with Gasteiger partial charge in [-0.3, -0.25) is 0 Å². The third-order valence-corrected chi connectivity index (χ3v) is 7.85. The minimum absolute atomic E-state index is 0.145. The molecule has 0 heterocycles. The van der Waals surface area contributed by atoms with Crippen LogP contribution in [0.2, 0.25) is 0 Å². The van der Waals surface area contributed by atoms with Crippen LogP contribution in [0.4, 0.5) is 0 Å². The van der Waals surface area contributed by atoms with Crippen molar-refractivity contribution < 1.29 is 14.4 Å². The molecule has 0 saturated carbocycles. The number of hydrogen-bond acceptors (Lipinski definition) is 2. The van der Waals surface area contributed by atoms with E-state index in [-0.39, 0.29) is 5.54 Å². The van der Waals surface area contributed by atoms with Crippen molar-refractivity contribution in [1.82, 2.24) is 0 Å². The average Bonchev–Trinajstić information content (AvgIpc) is 2.75. The topological polar surface area (TPSA) is 40.1 Å². The van der Waals surface area contributed by atoms with Crippen molar-refractivity contribution in [3.63, 3.8) is 0 Å². The van der Waals surface area contributed by atoms with Crippen molar-refractivity contribution in [2.24, 2.45) is 0 Å². The predicted molar refractivity (Wildman–Crippen MR) is 147 cm³/mol. The van der Waals surface area contributed by atoms with E-state index >= 15 is 0 Å². The first-order chi connectivity index (χ1) is 16.0. The molecule has 0 aromatic heterocycles. The molecule has 0 atom stereocenters. The normalized spacial score (nSPS) is 11.8. The standard InChI is InChI=1S/C29H54N.C2H4O2/c1-8-9-10-11-12-13-14-15-16-17-18-19-20-21-25-30(6,7)29(4,5)28-24-22-23-26(2)27(28)3;1-2(3)4/h22-24H,8-21,25H2,1-7H3;1H3,(H,3,4)/q+1;/p-1. The molecule has 1 aromatic carbocycles. The number of carbonyl (C=O) groups excluding carboxylic acids is 1. The number of quaternary nitrogens is 1. The van der Waals surface area contributed by atoms with Gasteiger partial charge in [-0.25, -0.2) is 0 Å². The molecule has 0 aliphatic heterocycles. The summed E-state index contributed by atoms with van der Waals surface area (Å²) < 4.78 is 1.07. The van der Waals surface area contributed by atoms with Crippen LogP contribution in [0.25, 0.3) is 0 Å². The van der Waals surface area contributed by atoms with Crippen molar-refractivity contribution in [3.8, 4) is 0 Å². The molecule has 0 saturated heterocycles. The molecule has 3 heteroatoms. The van der Waals surface area contributed by atoms with Crippen LogP contribution in [0.1, 0.15) is 134 Å². The Labute approximate surface area is 212 Å². The maximum absolute atomic E-state index is 8.89. The Morgan fingerprint density at radius 2 is 1.18 bits per heavy atom. The quantitative estimate of drug-likeness (QED) is 0.170. The van der Waals surface area contributed by atoms with E-state index in [1.165, 1.54) is 113 Å². The van der Waals surface area contributed by atoms with Crippen LogP contribution in [0.15, 0.2) is 18.2 Å². The zero-order valence-corrected chi connectivity index (χ0v) is 24.1. The number of carbonyl (C=O) groups is 1. The van der Waals surface area contributed by atoms with Crippen molar-refractivity contribution in [1.29, 1.82) is 0 Å². The van der Waals surface area contributed by atoms with E-state index in [0.29, 0.717) is 0 Å². The molecule has 0 amide bonds. The van der Waals surface area contributed by atoms with Crippen LogP contribution in [-0.4, -0.2) is 31.1 Å². The number of carboxylic acids is 1. The maximum Gasteiger partial charge on any atom is 0.119 e. The zero-order chi connectivity index (χ0) is 26.0. The first-order valence-corrected chi connectivity index (χ1v) is 14.0. The minimum Gasteiger partial charge on any atom is -0.550 e. The van der Waals surface area contributed by atoms with E-state index in [2.05, 4.69) is 66.9 Å². The zero-order valence-electron chi connectivity index (χ0n) is 24.1. The lowest BCUT2D eigenvalue weighted by molar-refractivity contribution is -0.945. The van der Waals surface area contributed by atoms with Crippen LogP contribution in [-0.2, 0) is 10.3 Å². The fraction of sp³-hybridized carbons (Fsp3) is 0.774. The van der Waals surface area contributed by atoms with Gasteiger partial charge in [0.2, 0.25) is 0 Å². The molecule has 0 aliphatic carbocycles. The minimum atomic E-state index is -1.08. The Morgan fingerprint density at radius 1 is 0.794 bits per heavy atom. The lowest BCUT2D eigenvalue weighted by atomic mass is 9.85. The number of aryl methyl sites for hydroxylation is 1. The van der Waals surface area contributed by atoms with E-state index in [0.717, 1.165) is 11.4 Å². The van der Waals surface area contributed by atoms with Crippen molar-refractivity contribution >= 4 is 5.97 Å². The summed E-state index contributed by atoms with van der Waals surface area (Å²) in [6.45, 7) is 13.9. The molecule has 0 radical (unpaired) electrons. The monoisotopic (exact) mass is 475 g/mol. The third-order valence-electron chi connectivity index (χ3n) is 7.85. The van der Waals surface area contributed by atoms with Gasteiger partial charge < -0.3 is 14.4 Å². The maximum atomic E-state index is 8.89. The van der Waals surface area contributed by atoms with Gasteiger partial charge in [0.15, 0.2) is 0 Å². The molecule has 0 unspecified atom stereocenters. The predicted octanol–water partition coefficient (Wildman–Crippen LogP) is 7.85. The average molecular weight is 476 g/mol. The SMILES string of the molecule is CC(=O)[O-].CCCCCCCCCCCCCCCC[N+](C)(C)C(C)(C)c1cccc(C)c1C. The Hall–Kier alpha value is -1.35. The van der Waals surface area contributed by atoms with E-state index in [9.17, 15) is 0 Å². The number of carboxylic acid groups (broad SMARTS) is 1. The van der Waals surface area contributed by atoms with E-state index in [1.54, 1.807) is 0 Å². The van der Waals surface area contributed by atoms with Crippen LogP contribution in [0, 0.1) is 13.8 Å². The summed E-state index contributed by atoms with van der Waals surface area (Å²) in [6.07, 6.45) is 20.0. The third kappa shape index (κ3) is 13.5. The Morgan fingerprint density at radius 3 is 1.59 bits per heavy atom. The highest BCUT2D eigenvalue weighted by molar-refractivity contribution is 5.60. The molecule has 34 heavy (non-hydrogen) atoms. The van der Waals surface area contributed by atoms with Gasteiger partial charge in [0, 0.05) is 11.5 Å². The highest BCUT2D eigenvalue weighted by Crippen LogP contribution is 2.35. The molecule has 1 aromatic rings. The van der Waals surface area contributed by atoms with Gasteiger partial charge in [0.25, 0.3) is 0 Å². The lowest BCUT2D eigenvalue weighted by Crippen LogP contribution is -2.54. The molecule has 0 fully saturated rings. The molecule has 0 bridgehead atoms. The molecule has 198 valence electrons. The molecular formula is C31H57NO2. The van der Waals surface area contributed by atoms with Crippen LogP contribution < -0.4 is 5.11 Å². The van der Waals surface area contributed by atoms with Gasteiger partial charge in [0.1, 0.15) is 5.54 Å². The highest BCUT2D eigenvalue weighted by atomic mass is 16.4. The summed E-state index contributed by atoms with van der Waals surface area (Å²) in [7, 11) is 4.84. The molecule has 0 spiro atoms. The Balaban J connectivity index is 0.00000251. The highest BCUT2D eigenvalue weighted by Gasteiger charge is 2.38. The van der Waals surface area contributed by atoms with Crippen molar-refractivity contribution in [2.45, 2.75) is 137 Å². The number of rotatable bonds is 17. The number of nitrogens with zero attached hydrogens (tertiary/aromatic N) is 1. The van der Waals surface area contributed by atoms with Crippen LogP contribution in [0.3, 0.4) is 0 Å². The Bertz CT molecular complexity index is 659. The van der Waals surface area contributed by atoms with Gasteiger partial charge in [-0.05, 0) is 58.6 Å². The summed E-state index contributed by atoms with van der Waals surface area (Å²) in [4.78, 5) is 8.89.